The van der Waals surface area contributed by atoms with Gasteiger partial charge in [-0.3, -0.25) is 4.72 Å². The van der Waals surface area contributed by atoms with E-state index >= 15 is 0 Å². The lowest BCUT2D eigenvalue weighted by Crippen LogP contribution is -2.16. The lowest BCUT2D eigenvalue weighted by Gasteiger charge is -2.14. The van der Waals surface area contributed by atoms with Gasteiger partial charge in [-0.15, -0.1) is 0 Å². The Morgan fingerprint density at radius 1 is 1.00 bits per heavy atom. The number of methoxy groups -OCH3 is 2. The summed E-state index contributed by atoms with van der Waals surface area (Å²) < 4.78 is 88.5. The average molecular weight is 379 g/mol. The second-order valence-corrected chi connectivity index (χ2v) is 6.47. The number of halogens is 4. The highest BCUT2D eigenvalue weighted by Crippen LogP contribution is 2.34. The minimum absolute atomic E-state index is 0.0296. The summed E-state index contributed by atoms with van der Waals surface area (Å²) in [7, 11) is -2.02. The van der Waals surface area contributed by atoms with E-state index in [1.54, 1.807) is 0 Å². The van der Waals surface area contributed by atoms with Crippen LogP contribution in [0.4, 0.5) is 23.2 Å². The summed E-state index contributed by atoms with van der Waals surface area (Å²) in [6.07, 6.45) is -4.64. The van der Waals surface area contributed by atoms with Crippen LogP contribution in [0.5, 0.6) is 11.5 Å². The highest BCUT2D eigenvalue weighted by Gasteiger charge is 2.31. The van der Waals surface area contributed by atoms with Gasteiger partial charge >= 0.3 is 6.18 Å². The summed E-state index contributed by atoms with van der Waals surface area (Å²) in [6.45, 7) is 0. The van der Waals surface area contributed by atoms with Crippen molar-refractivity contribution in [1.29, 1.82) is 0 Å². The Morgan fingerprint density at radius 3 is 2.16 bits per heavy atom. The van der Waals surface area contributed by atoms with E-state index in [0.717, 1.165) is 30.3 Å². The molecule has 0 amide bonds. The van der Waals surface area contributed by atoms with Crippen LogP contribution >= 0.6 is 0 Å². The number of rotatable bonds is 5. The van der Waals surface area contributed by atoms with E-state index in [1.807, 2.05) is 4.72 Å². The van der Waals surface area contributed by atoms with Crippen molar-refractivity contribution in [2.45, 2.75) is 11.1 Å². The minimum Gasteiger partial charge on any atom is -0.493 e. The molecule has 0 aliphatic rings. The first kappa shape index (κ1) is 18.8. The Bertz CT molecular complexity index is 882. The molecule has 0 unspecified atom stereocenters. The van der Waals surface area contributed by atoms with E-state index in [0.29, 0.717) is 6.07 Å². The van der Waals surface area contributed by atoms with Crippen molar-refractivity contribution < 1.29 is 35.5 Å². The summed E-state index contributed by atoms with van der Waals surface area (Å²) in [6, 6.07) is 5.23. The topological polar surface area (TPSA) is 64.6 Å². The molecule has 136 valence electrons. The van der Waals surface area contributed by atoms with Gasteiger partial charge in [-0.05, 0) is 18.2 Å². The summed E-state index contributed by atoms with van der Waals surface area (Å²) in [5.74, 6) is -1.22. The van der Waals surface area contributed by atoms with E-state index in [1.165, 1.54) is 14.2 Å². The van der Waals surface area contributed by atoms with Crippen LogP contribution in [0.25, 0.3) is 0 Å². The summed E-state index contributed by atoms with van der Waals surface area (Å²) in [5.41, 5.74) is -1.40. The van der Waals surface area contributed by atoms with Gasteiger partial charge in [0.1, 0.15) is 10.7 Å². The van der Waals surface area contributed by atoms with Gasteiger partial charge in [0.25, 0.3) is 10.0 Å². The maximum Gasteiger partial charge on any atom is 0.416 e. The van der Waals surface area contributed by atoms with Crippen molar-refractivity contribution in [1.82, 2.24) is 0 Å². The maximum atomic E-state index is 14.1. The first-order valence-electron chi connectivity index (χ1n) is 6.70. The van der Waals surface area contributed by atoms with Gasteiger partial charge in [-0.1, -0.05) is 6.07 Å². The molecule has 0 fully saturated rings. The van der Waals surface area contributed by atoms with E-state index < -0.39 is 32.5 Å². The van der Waals surface area contributed by atoms with Gasteiger partial charge < -0.3 is 9.47 Å². The third-order valence-corrected chi connectivity index (χ3v) is 4.57. The predicted molar refractivity (Wildman–Crippen MR) is 81.8 cm³/mol. The fraction of sp³-hybridized carbons (Fsp3) is 0.200. The van der Waals surface area contributed by atoms with Gasteiger partial charge in [-0.25, -0.2) is 12.8 Å². The first-order valence-corrected chi connectivity index (χ1v) is 8.18. The summed E-state index contributed by atoms with van der Waals surface area (Å²) >= 11 is 0. The van der Waals surface area contributed by atoms with Gasteiger partial charge in [0, 0.05) is 17.8 Å². The average Bonchev–Trinajstić information content (AvgIpc) is 2.53. The zero-order valence-electron chi connectivity index (χ0n) is 13.0. The predicted octanol–water partition coefficient (Wildman–Crippen LogP) is 3.66. The van der Waals surface area contributed by atoms with Gasteiger partial charge in [0.05, 0.1) is 19.8 Å². The Labute approximate surface area is 141 Å². The van der Waals surface area contributed by atoms with E-state index in [4.69, 9.17) is 9.47 Å². The van der Waals surface area contributed by atoms with Crippen molar-refractivity contribution in [2.24, 2.45) is 0 Å². The van der Waals surface area contributed by atoms with Crippen LogP contribution in [0.3, 0.4) is 0 Å². The molecule has 0 aliphatic carbocycles. The van der Waals surface area contributed by atoms with E-state index in [9.17, 15) is 26.0 Å². The molecule has 0 bridgehead atoms. The largest absolute Gasteiger partial charge is 0.493 e. The quantitative estimate of drug-likeness (QED) is 0.806. The second-order valence-electron chi connectivity index (χ2n) is 4.82. The second kappa shape index (κ2) is 6.79. The highest BCUT2D eigenvalue weighted by molar-refractivity contribution is 7.92. The Morgan fingerprint density at radius 2 is 1.60 bits per heavy atom. The molecule has 0 heterocycles. The highest BCUT2D eigenvalue weighted by atomic mass is 32.2. The number of benzene rings is 2. The molecule has 1 N–H and O–H groups in total. The van der Waals surface area contributed by atoms with Gasteiger partial charge in [0.2, 0.25) is 0 Å². The molecule has 0 aromatic heterocycles. The molecule has 25 heavy (non-hydrogen) atoms. The van der Waals surface area contributed by atoms with Crippen LogP contribution in [0.15, 0.2) is 41.3 Å². The molecule has 0 saturated carbocycles. The zero-order valence-corrected chi connectivity index (χ0v) is 13.8. The summed E-state index contributed by atoms with van der Waals surface area (Å²) in [5, 5.41) is 0. The molecule has 0 radical (unpaired) electrons. The summed E-state index contributed by atoms with van der Waals surface area (Å²) in [4.78, 5) is -0.789. The number of hydrogen-bond acceptors (Lipinski definition) is 4. The SMILES string of the molecule is COc1cc(F)c(S(=O)(=O)Nc2cccc(C(F)(F)F)c2)cc1OC. The number of sulfonamides is 1. The lowest BCUT2D eigenvalue weighted by atomic mass is 10.2. The molecule has 0 atom stereocenters. The molecule has 0 saturated heterocycles. The molecule has 10 heteroatoms. The normalized spacial score (nSPS) is 11.9. The van der Waals surface area contributed by atoms with Gasteiger partial charge in [0.15, 0.2) is 11.5 Å². The Hall–Kier alpha value is -2.49. The number of alkyl halides is 3. The maximum absolute atomic E-state index is 14.1. The fourth-order valence-corrected chi connectivity index (χ4v) is 3.14. The minimum atomic E-state index is -4.64. The van der Waals surface area contributed by atoms with Crippen LogP contribution in [-0.4, -0.2) is 22.6 Å². The molecule has 0 aliphatic heterocycles. The zero-order chi connectivity index (χ0) is 18.8. The third kappa shape index (κ3) is 4.13. The first-order chi connectivity index (χ1) is 11.6. The number of anilines is 1. The van der Waals surface area contributed by atoms with Crippen molar-refractivity contribution in [3.05, 3.63) is 47.8 Å². The standard InChI is InChI=1S/C15H13F4NO4S/c1-23-12-7-11(16)14(8-13(12)24-2)25(21,22)20-10-5-3-4-9(6-10)15(17,18)19/h3-8,20H,1-2H3. The third-order valence-electron chi connectivity index (χ3n) is 3.17. The molecule has 0 spiro atoms. The number of nitrogens with one attached hydrogen (secondary N) is 1. The van der Waals surface area contributed by atoms with Crippen LogP contribution < -0.4 is 14.2 Å². The number of ether oxygens (including phenoxy) is 2. The number of hydrogen-bond donors (Lipinski definition) is 1. The Balaban J connectivity index is 2.44. The van der Waals surface area contributed by atoms with Crippen LogP contribution in [0.2, 0.25) is 0 Å². The Kier molecular flexibility index (Phi) is 5.12. The van der Waals surface area contributed by atoms with Crippen molar-refractivity contribution in [3.8, 4) is 11.5 Å². The van der Waals surface area contributed by atoms with Gasteiger partial charge in [-0.2, -0.15) is 13.2 Å². The van der Waals surface area contributed by atoms with Crippen molar-refractivity contribution in [3.63, 3.8) is 0 Å². The van der Waals surface area contributed by atoms with Crippen molar-refractivity contribution in [2.75, 3.05) is 18.9 Å². The smallest absolute Gasteiger partial charge is 0.416 e. The molecular formula is C15H13F4NO4S. The fourth-order valence-electron chi connectivity index (χ4n) is 2.01. The van der Waals surface area contributed by atoms with Crippen molar-refractivity contribution >= 4 is 15.7 Å². The molecule has 5 nitrogen and oxygen atoms in total. The molecule has 2 aromatic carbocycles. The van der Waals surface area contributed by atoms with E-state index in [-0.39, 0.29) is 17.2 Å². The molecule has 2 aromatic rings. The van der Waals surface area contributed by atoms with Crippen LogP contribution in [0.1, 0.15) is 5.56 Å². The molecular weight excluding hydrogens is 366 g/mol. The monoisotopic (exact) mass is 379 g/mol. The lowest BCUT2D eigenvalue weighted by molar-refractivity contribution is -0.137. The molecule has 2 rings (SSSR count). The van der Waals surface area contributed by atoms with E-state index in [2.05, 4.69) is 0 Å². The van der Waals surface area contributed by atoms with Crippen LogP contribution in [-0.2, 0) is 16.2 Å². The van der Waals surface area contributed by atoms with Crippen LogP contribution in [0, 0.1) is 5.82 Å².